The Bertz CT molecular complexity index is 698. The summed E-state index contributed by atoms with van der Waals surface area (Å²) in [6, 6.07) is 9.82. The minimum absolute atomic E-state index is 0.0536. The average Bonchev–Trinajstić information content (AvgIpc) is 3.03. The molecule has 0 radical (unpaired) electrons. The quantitative estimate of drug-likeness (QED) is 0.904. The maximum absolute atomic E-state index is 12.5. The summed E-state index contributed by atoms with van der Waals surface area (Å²) in [5.41, 5.74) is 1.54. The van der Waals surface area contributed by atoms with Gasteiger partial charge in [-0.2, -0.15) is 5.10 Å². The highest BCUT2D eigenvalue weighted by Gasteiger charge is 2.29. The van der Waals surface area contributed by atoms with E-state index in [1.165, 1.54) is 11.1 Å². The van der Waals surface area contributed by atoms with Crippen LogP contribution in [0.3, 0.4) is 0 Å². The van der Waals surface area contributed by atoms with E-state index in [0.29, 0.717) is 18.7 Å². The number of ether oxygens (including phenoxy) is 1. The van der Waals surface area contributed by atoms with E-state index in [-0.39, 0.29) is 19.1 Å². The third-order valence-electron chi connectivity index (χ3n) is 3.70. The van der Waals surface area contributed by atoms with Gasteiger partial charge in [0.2, 0.25) is 0 Å². The molecular formula is C16H17N3O4. The summed E-state index contributed by atoms with van der Waals surface area (Å²) in [5.74, 6) is -1.28. The maximum atomic E-state index is 12.5. The van der Waals surface area contributed by atoms with Gasteiger partial charge in [0, 0.05) is 12.7 Å². The lowest BCUT2D eigenvalue weighted by Crippen LogP contribution is -2.48. The summed E-state index contributed by atoms with van der Waals surface area (Å²) < 4.78 is 6.82. The Morgan fingerprint density at radius 3 is 2.83 bits per heavy atom. The number of aromatic nitrogens is 2. The number of carboxylic acid groups (broad SMARTS) is 1. The number of carbonyl (C=O) groups excluding carboxylic acids is 1. The fourth-order valence-corrected chi connectivity index (χ4v) is 2.50. The first-order valence-corrected chi connectivity index (χ1v) is 7.33. The highest BCUT2D eigenvalue weighted by atomic mass is 16.5. The SMILES string of the molecule is O=C(O)[C@@H]1CN(C(=O)c2cnn(Cc3ccccc3)c2)CCO1. The van der Waals surface area contributed by atoms with Crippen LogP contribution < -0.4 is 0 Å². The monoisotopic (exact) mass is 315 g/mol. The zero-order chi connectivity index (χ0) is 16.2. The van der Waals surface area contributed by atoms with Gasteiger partial charge in [0.1, 0.15) is 0 Å². The minimum Gasteiger partial charge on any atom is -0.479 e. The van der Waals surface area contributed by atoms with Crippen molar-refractivity contribution in [3.05, 3.63) is 53.9 Å². The molecule has 120 valence electrons. The smallest absolute Gasteiger partial charge is 0.334 e. The van der Waals surface area contributed by atoms with E-state index in [1.807, 2.05) is 30.3 Å². The van der Waals surface area contributed by atoms with Crippen molar-refractivity contribution in [1.29, 1.82) is 0 Å². The predicted molar refractivity (Wildman–Crippen MR) is 81.1 cm³/mol. The van der Waals surface area contributed by atoms with Gasteiger partial charge in [-0.1, -0.05) is 30.3 Å². The first-order chi connectivity index (χ1) is 11.1. The summed E-state index contributed by atoms with van der Waals surface area (Å²) in [4.78, 5) is 24.9. The molecule has 2 heterocycles. The molecule has 1 saturated heterocycles. The zero-order valence-corrected chi connectivity index (χ0v) is 12.5. The number of carboxylic acids is 1. The largest absolute Gasteiger partial charge is 0.479 e. The molecule has 7 heteroatoms. The number of aliphatic carboxylic acids is 1. The zero-order valence-electron chi connectivity index (χ0n) is 12.5. The topological polar surface area (TPSA) is 84.7 Å². The molecule has 1 fully saturated rings. The first kappa shape index (κ1) is 15.2. The molecule has 0 unspecified atom stereocenters. The summed E-state index contributed by atoms with van der Waals surface area (Å²) in [5, 5.41) is 13.2. The summed E-state index contributed by atoms with van der Waals surface area (Å²) in [6.45, 7) is 1.24. The highest BCUT2D eigenvalue weighted by molar-refractivity contribution is 5.94. The van der Waals surface area contributed by atoms with Crippen LogP contribution in [-0.4, -0.2) is 57.5 Å². The Kier molecular flexibility index (Phi) is 4.38. The van der Waals surface area contributed by atoms with Crippen molar-refractivity contribution in [2.45, 2.75) is 12.6 Å². The summed E-state index contributed by atoms with van der Waals surface area (Å²) in [6.07, 6.45) is 2.23. The van der Waals surface area contributed by atoms with Crippen molar-refractivity contribution in [3.63, 3.8) is 0 Å². The predicted octanol–water partition coefficient (Wildman–Crippen LogP) is 0.857. The maximum Gasteiger partial charge on any atom is 0.334 e. The number of morpholine rings is 1. The molecular weight excluding hydrogens is 298 g/mol. The number of hydrogen-bond donors (Lipinski definition) is 1. The third kappa shape index (κ3) is 3.57. The van der Waals surface area contributed by atoms with Crippen molar-refractivity contribution in [1.82, 2.24) is 14.7 Å². The second kappa shape index (κ2) is 6.62. The molecule has 1 N–H and O–H groups in total. The molecule has 1 aliphatic heterocycles. The van der Waals surface area contributed by atoms with Crippen LogP contribution in [0.1, 0.15) is 15.9 Å². The van der Waals surface area contributed by atoms with Crippen molar-refractivity contribution < 1.29 is 19.4 Å². The molecule has 7 nitrogen and oxygen atoms in total. The van der Waals surface area contributed by atoms with Gasteiger partial charge in [0.05, 0.1) is 31.5 Å². The van der Waals surface area contributed by atoms with Gasteiger partial charge in [0.15, 0.2) is 6.10 Å². The molecule has 3 rings (SSSR count). The fraction of sp³-hybridized carbons (Fsp3) is 0.312. The standard InChI is InChI=1S/C16H17N3O4/c20-15(18-6-7-23-14(11-18)16(21)22)13-8-17-19(10-13)9-12-4-2-1-3-5-12/h1-5,8,10,14H,6-7,9,11H2,(H,21,22)/t14-/m0/s1. The second-order valence-electron chi connectivity index (χ2n) is 5.36. The fourth-order valence-electron chi connectivity index (χ4n) is 2.50. The molecule has 1 aromatic heterocycles. The molecule has 0 spiro atoms. The van der Waals surface area contributed by atoms with Crippen LogP contribution in [0.4, 0.5) is 0 Å². The second-order valence-corrected chi connectivity index (χ2v) is 5.36. The number of carbonyl (C=O) groups is 2. The number of amides is 1. The number of nitrogens with zero attached hydrogens (tertiary/aromatic N) is 3. The number of rotatable bonds is 4. The van der Waals surface area contributed by atoms with Gasteiger partial charge in [-0.25, -0.2) is 4.79 Å². The van der Waals surface area contributed by atoms with Crippen LogP contribution in [0.5, 0.6) is 0 Å². The van der Waals surface area contributed by atoms with Crippen molar-refractivity contribution in [2.24, 2.45) is 0 Å². The van der Waals surface area contributed by atoms with Crippen LogP contribution >= 0.6 is 0 Å². The summed E-state index contributed by atoms with van der Waals surface area (Å²) in [7, 11) is 0. The van der Waals surface area contributed by atoms with Gasteiger partial charge in [-0.3, -0.25) is 9.48 Å². The van der Waals surface area contributed by atoms with Crippen LogP contribution in [0.25, 0.3) is 0 Å². The van der Waals surface area contributed by atoms with E-state index in [9.17, 15) is 9.59 Å². The lowest BCUT2D eigenvalue weighted by molar-refractivity contribution is -0.154. The minimum atomic E-state index is -1.05. The number of benzene rings is 1. The highest BCUT2D eigenvalue weighted by Crippen LogP contribution is 2.11. The van der Waals surface area contributed by atoms with Crippen LogP contribution in [0, 0.1) is 0 Å². The van der Waals surface area contributed by atoms with Crippen LogP contribution in [0.15, 0.2) is 42.7 Å². The van der Waals surface area contributed by atoms with Gasteiger partial charge >= 0.3 is 5.97 Å². The first-order valence-electron chi connectivity index (χ1n) is 7.33. The molecule has 1 atom stereocenters. The Morgan fingerprint density at radius 2 is 2.09 bits per heavy atom. The average molecular weight is 315 g/mol. The van der Waals surface area contributed by atoms with Gasteiger partial charge in [-0.05, 0) is 5.56 Å². The Hall–Kier alpha value is -2.67. The molecule has 1 aromatic carbocycles. The molecule has 1 amide bonds. The van der Waals surface area contributed by atoms with Gasteiger partial charge in [-0.15, -0.1) is 0 Å². The van der Waals surface area contributed by atoms with E-state index in [0.717, 1.165) is 5.56 Å². The van der Waals surface area contributed by atoms with Crippen molar-refractivity contribution in [3.8, 4) is 0 Å². The Morgan fingerprint density at radius 1 is 1.30 bits per heavy atom. The van der Waals surface area contributed by atoms with E-state index >= 15 is 0 Å². The molecule has 0 saturated carbocycles. The van der Waals surface area contributed by atoms with Gasteiger partial charge in [0.25, 0.3) is 5.91 Å². The third-order valence-corrected chi connectivity index (χ3v) is 3.70. The van der Waals surface area contributed by atoms with E-state index < -0.39 is 12.1 Å². The molecule has 0 aliphatic carbocycles. The Labute approximate surface area is 133 Å². The van der Waals surface area contributed by atoms with Crippen molar-refractivity contribution in [2.75, 3.05) is 19.7 Å². The molecule has 23 heavy (non-hydrogen) atoms. The lowest BCUT2D eigenvalue weighted by Gasteiger charge is -2.30. The van der Waals surface area contributed by atoms with Crippen LogP contribution in [-0.2, 0) is 16.1 Å². The normalized spacial score (nSPS) is 17.9. The van der Waals surface area contributed by atoms with E-state index in [1.54, 1.807) is 10.9 Å². The van der Waals surface area contributed by atoms with Crippen LogP contribution in [0.2, 0.25) is 0 Å². The Balaban J connectivity index is 1.67. The molecule has 0 bridgehead atoms. The van der Waals surface area contributed by atoms with Crippen molar-refractivity contribution >= 4 is 11.9 Å². The van der Waals surface area contributed by atoms with E-state index in [4.69, 9.17) is 9.84 Å². The summed E-state index contributed by atoms with van der Waals surface area (Å²) >= 11 is 0. The van der Waals surface area contributed by atoms with E-state index in [2.05, 4.69) is 5.10 Å². The molecule has 2 aromatic rings. The molecule has 1 aliphatic rings. The van der Waals surface area contributed by atoms with Gasteiger partial charge < -0.3 is 14.7 Å². The lowest BCUT2D eigenvalue weighted by atomic mass is 10.2. The number of hydrogen-bond acceptors (Lipinski definition) is 4.